The molecule has 0 unspecified atom stereocenters. The number of benzene rings is 2. The van der Waals surface area contributed by atoms with Crippen molar-refractivity contribution in [2.24, 2.45) is 5.92 Å². The Hall–Kier alpha value is -3.61. The number of rotatable bonds is 6. The summed E-state index contributed by atoms with van der Waals surface area (Å²) < 4.78 is 5.69. The van der Waals surface area contributed by atoms with Crippen molar-refractivity contribution in [3.05, 3.63) is 71.8 Å². The van der Waals surface area contributed by atoms with E-state index < -0.39 is 23.5 Å². The number of carbonyl (C=O) groups excluding carboxylic acids is 2. The molecule has 0 heterocycles. The predicted octanol–water partition coefficient (Wildman–Crippen LogP) is 4.37. The molecular weight excluding hydrogens is 444 g/mol. The van der Waals surface area contributed by atoms with Crippen molar-refractivity contribution in [2.75, 3.05) is 6.61 Å². The van der Waals surface area contributed by atoms with Gasteiger partial charge in [-0.3, -0.25) is 9.59 Å². The van der Waals surface area contributed by atoms with Gasteiger partial charge in [0, 0.05) is 12.0 Å². The third-order valence-electron chi connectivity index (χ3n) is 7.57. The number of carboxylic acid groups (broad SMARTS) is 1. The van der Waals surface area contributed by atoms with Crippen LogP contribution in [0.4, 0.5) is 4.79 Å². The zero-order valence-electron chi connectivity index (χ0n) is 19.5. The summed E-state index contributed by atoms with van der Waals surface area (Å²) in [6, 6.07) is 15.9. The van der Waals surface area contributed by atoms with Gasteiger partial charge in [-0.1, -0.05) is 73.5 Å². The van der Waals surface area contributed by atoms with Crippen molar-refractivity contribution >= 4 is 18.0 Å². The Morgan fingerprint density at radius 2 is 1.60 bits per heavy atom. The molecule has 0 aliphatic heterocycles. The van der Waals surface area contributed by atoms with Crippen LogP contribution in [0.25, 0.3) is 11.1 Å². The number of hydrogen-bond acceptors (Lipinski definition) is 4. The zero-order valence-corrected chi connectivity index (χ0v) is 19.5. The molecule has 0 saturated heterocycles. The average Bonchev–Trinajstić information content (AvgIpc) is 3.46. The standard InChI is InChI=1S/C28H30N2O5/c31-25(32)18-8-7-9-19(16-18)29-26(33)28(14-5-6-15-28)30-27(34)35-17-24-22-12-3-1-10-20(22)21-11-2-4-13-23(21)24/h1-4,7,9-13,18-19,24H,5-6,8,14-17H2,(H,29,33)(H,30,34)(H,31,32)/t18-,19-/m1/s1. The fraction of sp³-hybridized carbons (Fsp3) is 0.393. The van der Waals surface area contributed by atoms with Gasteiger partial charge in [0.15, 0.2) is 0 Å². The third-order valence-corrected chi connectivity index (χ3v) is 7.57. The molecule has 2 aromatic carbocycles. The first kappa shape index (κ1) is 23.1. The second-order valence-electron chi connectivity index (χ2n) is 9.75. The van der Waals surface area contributed by atoms with Gasteiger partial charge in [0.2, 0.25) is 5.91 Å². The van der Waals surface area contributed by atoms with Crippen LogP contribution in [0.3, 0.4) is 0 Å². The van der Waals surface area contributed by atoms with E-state index in [1.54, 1.807) is 6.08 Å². The molecule has 7 nitrogen and oxygen atoms in total. The maximum atomic E-state index is 13.3. The highest BCUT2D eigenvalue weighted by Crippen LogP contribution is 2.44. The van der Waals surface area contributed by atoms with Crippen molar-refractivity contribution in [1.29, 1.82) is 0 Å². The minimum absolute atomic E-state index is 0.0539. The van der Waals surface area contributed by atoms with Gasteiger partial charge in [-0.05, 0) is 47.9 Å². The lowest BCUT2D eigenvalue weighted by molar-refractivity contribution is -0.142. The van der Waals surface area contributed by atoms with E-state index in [4.69, 9.17) is 4.74 Å². The normalized spacial score (nSPS) is 22.2. The number of alkyl carbamates (subject to hydrolysis) is 1. The molecule has 35 heavy (non-hydrogen) atoms. The Bertz CT molecular complexity index is 1120. The highest BCUT2D eigenvalue weighted by Gasteiger charge is 2.44. The van der Waals surface area contributed by atoms with Crippen LogP contribution < -0.4 is 10.6 Å². The first-order valence-electron chi connectivity index (χ1n) is 12.3. The van der Waals surface area contributed by atoms with Gasteiger partial charge in [-0.2, -0.15) is 0 Å². The minimum atomic E-state index is -1.04. The molecule has 0 bridgehead atoms. The van der Waals surface area contributed by atoms with Crippen LogP contribution in [0.1, 0.15) is 55.6 Å². The van der Waals surface area contributed by atoms with Gasteiger partial charge in [0.05, 0.1) is 5.92 Å². The summed E-state index contributed by atoms with van der Waals surface area (Å²) in [4.78, 5) is 37.6. The summed E-state index contributed by atoms with van der Waals surface area (Å²) in [5.74, 6) is -1.70. The van der Waals surface area contributed by atoms with E-state index in [-0.39, 0.29) is 24.5 Å². The number of allylic oxidation sites excluding steroid dienone is 1. The lowest BCUT2D eigenvalue weighted by atomic mass is 9.89. The summed E-state index contributed by atoms with van der Waals surface area (Å²) in [7, 11) is 0. The van der Waals surface area contributed by atoms with E-state index in [0.29, 0.717) is 25.7 Å². The lowest BCUT2D eigenvalue weighted by Gasteiger charge is -2.32. The smallest absolute Gasteiger partial charge is 0.408 e. The monoisotopic (exact) mass is 474 g/mol. The Morgan fingerprint density at radius 1 is 0.971 bits per heavy atom. The topological polar surface area (TPSA) is 105 Å². The Kier molecular flexibility index (Phi) is 6.32. The minimum Gasteiger partial charge on any atom is -0.481 e. The molecule has 3 aliphatic carbocycles. The van der Waals surface area contributed by atoms with Crippen LogP contribution in [0, 0.1) is 5.92 Å². The number of aliphatic carboxylic acids is 1. The first-order chi connectivity index (χ1) is 17.0. The summed E-state index contributed by atoms with van der Waals surface area (Å²) in [6.45, 7) is 0.184. The highest BCUT2D eigenvalue weighted by molar-refractivity contribution is 5.90. The molecule has 7 heteroatoms. The molecule has 3 N–H and O–H groups in total. The fourth-order valence-corrected chi connectivity index (χ4v) is 5.72. The van der Waals surface area contributed by atoms with Gasteiger partial charge in [-0.25, -0.2) is 4.79 Å². The largest absolute Gasteiger partial charge is 0.481 e. The lowest BCUT2D eigenvalue weighted by Crippen LogP contribution is -2.59. The average molecular weight is 475 g/mol. The van der Waals surface area contributed by atoms with Gasteiger partial charge in [0.1, 0.15) is 12.1 Å². The highest BCUT2D eigenvalue weighted by atomic mass is 16.5. The quantitative estimate of drug-likeness (QED) is 0.539. The molecular formula is C28H30N2O5. The molecule has 2 amide bonds. The van der Waals surface area contributed by atoms with Gasteiger partial charge < -0.3 is 20.5 Å². The molecule has 0 spiro atoms. The molecule has 182 valence electrons. The summed E-state index contributed by atoms with van der Waals surface area (Å²) in [5, 5.41) is 15.2. The Morgan fingerprint density at radius 3 is 2.23 bits per heavy atom. The molecule has 0 radical (unpaired) electrons. The van der Waals surface area contributed by atoms with E-state index in [9.17, 15) is 19.5 Å². The Balaban J connectivity index is 1.24. The van der Waals surface area contributed by atoms with Crippen molar-refractivity contribution < 1.29 is 24.2 Å². The number of nitrogens with one attached hydrogen (secondary N) is 2. The molecule has 2 aromatic rings. The van der Waals surface area contributed by atoms with Crippen molar-refractivity contribution in [3.63, 3.8) is 0 Å². The number of ether oxygens (including phenoxy) is 1. The summed E-state index contributed by atoms with van der Waals surface area (Å²) in [6.07, 6.45) is 6.56. The SMILES string of the molecule is O=C(NC1(C(=O)N[C@@H]2C=CC[C@@H](C(=O)O)C2)CCCC1)OCC1c2ccccc2-c2ccccc21. The number of fused-ring (bicyclic) bond motifs is 3. The Labute approximate surface area is 204 Å². The number of carbonyl (C=O) groups is 3. The van der Waals surface area contributed by atoms with Gasteiger partial charge in [0.25, 0.3) is 0 Å². The number of amides is 2. The van der Waals surface area contributed by atoms with E-state index in [0.717, 1.165) is 35.1 Å². The van der Waals surface area contributed by atoms with Crippen molar-refractivity contribution in [2.45, 2.75) is 56.0 Å². The predicted molar refractivity (Wildman–Crippen MR) is 131 cm³/mol. The van der Waals surface area contributed by atoms with Crippen LogP contribution >= 0.6 is 0 Å². The van der Waals surface area contributed by atoms with E-state index in [1.165, 1.54) is 0 Å². The molecule has 1 fully saturated rings. The second-order valence-corrected chi connectivity index (χ2v) is 9.75. The maximum Gasteiger partial charge on any atom is 0.408 e. The number of carboxylic acids is 1. The van der Waals surface area contributed by atoms with Crippen LogP contribution in [-0.4, -0.2) is 41.3 Å². The molecule has 5 rings (SSSR count). The van der Waals surface area contributed by atoms with Crippen LogP contribution in [0.5, 0.6) is 0 Å². The maximum absolute atomic E-state index is 13.3. The van der Waals surface area contributed by atoms with Crippen molar-refractivity contribution in [3.8, 4) is 11.1 Å². The van der Waals surface area contributed by atoms with E-state index in [1.807, 2.05) is 30.3 Å². The van der Waals surface area contributed by atoms with Crippen molar-refractivity contribution in [1.82, 2.24) is 10.6 Å². The molecule has 0 aromatic heterocycles. The van der Waals surface area contributed by atoms with Crippen LogP contribution in [0.2, 0.25) is 0 Å². The van der Waals surface area contributed by atoms with E-state index in [2.05, 4.69) is 34.9 Å². The molecule has 1 saturated carbocycles. The fourth-order valence-electron chi connectivity index (χ4n) is 5.72. The van der Waals surface area contributed by atoms with Gasteiger partial charge in [-0.15, -0.1) is 0 Å². The molecule has 3 aliphatic rings. The summed E-state index contributed by atoms with van der Waals surface area (Å²) in [5.41, 5.74) is 3.54. The third kappa shape index (κ3) is 4.55. The first-order valence-corrected chi connectivity index (χ1v) is 12.3. The summed E-state index contributed by atoms with van der Waals surface area (Å²) >= 11 is 0. The second kappa shape index (κ2) is 9.56. The van der Waals surface area contributed by atoms with Crippen LogP contribution in [0.15, 0.2) is 60.7 Å². The van der Waals surface area contributed by atoms with Crippen LogP contribution in [-0.2, 0) is 14.3 Å². The molecule has 2 atom stereocenters. The van der Waals surface area contributed by atoms with Gasteiger partial charge >= 0.3 is 12.1 Å². The zero-order chi connectivity index (χ0) is 24.4. The number of hydrogen-bond donors (Lipinski definition) is 3. The van der Waals surface area contributed by atoms with E-state index >= 15 is 0 Å².